The van der Waals surface area contributed by atoms with E-state index in [0.29, 0.717) is 16.3 Å². The fourth-order valence-corrected chi connectivity index (χ4v) is 2.01. The zero-order valence-electron chi connectivity index (χ0n) is 13.1. The number of benzene rings is 1. The number of ketones is 1. The van der Waals surface area contributed by atoms with Crippen LogP contribution < -0.4 is 5.32 Å². The second-order valence-corrected chi connectivity index (χ2v) is 5.47. The Labute approximate surface area is 143 Å². The predicted octanol–water partition coefficient (Wildman–Crippen LogP) is 3.12. The number of ether oxygens (including phenoxy) is 1. The SMILES string of the molecule is CC(=O)c1cccc(NC(=O)[C@H](C)OC(=O)c2cc(Cl)ccn2)c1. The van der Waals surface area contributed by atoms with Crippen molar-refractivity contribution in [3.8, 4) is 0 Å². The van der Waals surface area contributed by atoms with Crippen molar-refractivity contribution in [2.24, 2.45) is 0 Å². The van der Waals surface area contributed by atoms with Gasteiger partial charge in [-0.1, -0.05) is 23.7 Å². The number of carbonyl (C=O) groups is 3. The summed E-state index contributed by atoms with van der Waals surface area (Å²) in [5.74, 6) is -1.39. The van der Waals surface area contributed by atoms with Gasteiger partial charge in [0.15, 0.2) is 11.9 Å². The normalized spacial score (nSPS) is 11.5. The highest BCUT2D eigenvalue weighted by molar-refractivity contribution is 6.30. The molecule has 0 aliphatic heterocycles. The lowest BCUT2D eigenvalue weighted by atomic mass is 10.1. The first kappa shape index (κ1) is 17.6. The van der Waals surface area contributed by atoms with Gasteiger partial charge in [-0.3, -0.25) is 9.59 Å². The van der Waals surface area contributed by atoms with Crippen molar-refractivity contribution in [2.45, 2.75) is 20.0 Å². The first-order chi connectivity index (χ1) is 11.4. The molecule has 2 aromatic rings. The lowest BCUT2D eigenvalue weighted by Crippen LogP contribution is -2.30. The zero-order chi connectivity index (χ0) is 17.7. The number of nitrogens with zero attached hydrogens (tertiary/aromatic N) is 1. The molecule has 1 aromatic heterocycles. The van der Waals surface area contributed by atoms with Crippen molar-refractivity contribution >= 4 is 34.9 Å². The summed E-state index contributed by atoms with van der Waals surface area (Å²) in [6.07, 6.45) is 0.330. The van der Waals surface area contributed by atoms with Crippen molar-refractivity contribution in [3.05, 3.63) is 58.9 Å². The van der Waals surface area contributed by atoms with E-state index in [1.165, 1.54) is 32.2 Å². The Morgan fingerprint density at radius 1 is 1.21 bits per heavy atom. The van der Waals surface area contributed by atoms with E-state index in [9.17, 15) is 14.4 Å². The third kappa shape index (κ3) is 4.63. The zero-order valence-corrected chi connectivity index (χ0v) is 13.8. The average Bonchev–Trinajstić information content (AvgIpc) is 2.54. The minimum Gasteiger partial charge on any atom is -0.448 e. The summed E-state index contributed by atoms with van der Waals surface area (Å²) in [5, 5.41) is 2.93. The maximum absolute atomic E-state index is 12.1. The molecule has 0 saturated heterocycles. The van der Waals surface area contributed by atoms with Crippen LogP contribution in [0.5, 0.6) is 0 Å². The van der Waals surface area contributed by atoms with Crippen LogP contribution in [0.1, 0.15) is 34.7 Å². The molecule has 0 aliphatic rings. The van der Waals surface area contributed by atoms with Gasteiger partial charge in [0.05, 0.1) is 0 Å². The Morgan fingerprint density at radius 2 is 1.96 bits per heavy atom. The smallest absolute Gasteiger partial charge is 0.357 e. The number of anilines is 1. The fraction of sp³-hybridized carbons (Fsp3) is 0.176. The van der Waals surface area contributed by atoms with Gasteiger partial charge in [0.25, 0.3) is 5.91 Å². The van der Waals surface area contributed by atoms with Gasteiger partial charge in [-0.2, -0.15) is 0 Å². The topological polar surface area (TPSA) is 85.4 Å². The minimum absolute atomic E-state index is 0.0146. The Balaban J connectivity index is 2.01. The van der Waals surface area contributed by atoms with Crippen molar-refractivity contribution in [3.63, 3.8) is 0 Å². The third-order valence-corrected chi connectivity index (χ3v) is 3.36. The number of halogens is 1. The van der Waals surface area contributed by atoms with Crippen molar-refractivity contribution in [2.75, 3.05) is 5.32 Å². The molecule has 1 aromatic carbocycles. The van der Waals surface area contributed by atoms with Gasteiger partial charge in [-0.25, -0.2) is 9.78 Å². The van der Waals surface area contributed by atoms with Crippen LogP contribution in [0.15, 0.2) is 42.6 Å². The van der Waals surface area contributed by atoms with Crippen LogP contribution in [0.25, 0.3) is 0 Å². The molecule has 0 spiro atoms. The number of amides is 1. The van der Waals surface area contributed by atoms with Crippen LogP contribution in [0.4, 0.5) is 5.69 Å². The number of hydrogen-bond acceptors (Lipinski definition) is 5. The number of nitrogens with one attached hydrogen (secondary N) is 1. The van der Waals surface area contributed by atoms with Gasteiger partial charge in [-0.05, 0) is 38.1 Å². The molecule has 1 amide bonds. The fourth-order valence-electron chi connectivity index (χ4n) is 1.85. The maximum Gasteiger partial charge on any atom is 0.357 e. The van der Waals surface area contributed by atoms with E-state index in [1.54, 1.807) is 24.3 Å². The van der Waals surface area contributed by atoms with Crippen molar-refractivity contribution in [1.29, 1.82) is 0 Å². The third-order valence-electron chi connectivity index (χ3n) is 3.12. The second kappa shape index (κ2) is 7.70. The molecule has 1 heterocycles. The van der Waals surface area contributed by atoms with Crippen molar-refractivity contribution in [1.82, 2.24) is 4.98 Å². The summed E-state index contributed by atoms with van der Waals surface area (Å²) >= 11 is 5.78. The van der Waals surface area contributed by atoms with Gasteiger partial charge < -0.3 is 10.1 Å². The summed E-state index contributed by atoms with van der Waals surface area (Å²) in [4.78, 5) is 39.2. The standard InChI is InChI=1S/C17H15ClN2O4/c1-10(21)12-4-3-5-14(8-12)20-16(22)11(2)24-17(23)15-9-13(18)6-7-19-15/h3-9,11H,1-2H3,(H,20,22)/t11-/m0/s1. The largest absolute Gasteiger partial charge is 0.448 e. The molecule has 0 fully saturated rings. The van der Waals surface area contributed by atoms with Gasteiger partial charge in [-0.15, -0.1) is 0 Å². The summed E-state index contributed by atoms with van der Waals surface area (Å²) in [6.45, 7) is 2.87. The molecule has 124 valence electrons. The Kier molecular flexibility index (Phi) is 5.65. The van der Waals surface area contributed by atoms with E-state index in [4.69, 9.17) is 16.3 Å². The predicted molar refractivity (Wildman–Crippen MR) is 89.2 cm³/mol. The Hall–Kier alpha value is -2.73. The van der Waals surface area contributed by atoms with Gasteiger partial charge in [0.1, 0.15) is 5.69 Å². The molecule has 7 heteroatoms. The molecule has 0 aliphatic carbocycles. The molecule has 6 nitrogen and oxygen atoms in total. The number of esters is 1. The average molecular weight is 347 g/mol. The quantitative estimate of drug-likeness (QED) is 0.664. The Morgan fingerprint density at radius 3 is 2.62 bits per heavy atom. The van der Waals surface area contributed by atoms with E-state index < -0.39 is 18.0 Å². The van der Waals surface area contributed by atoms with Crippen LogP contribution in [0.3, 0.4) is 0 Å². The lowest BCUT2D eigenvalue weighted by molar-refractivity contribution is -0.123. The molecule has 24 heavy (non-hydrogen) atoms. The Bertz CT molecular complexity index is 792. The monoisotopic (exact) mass is 346 g/mol. The van der Waals surface area contributed by atoms with Crippen LogP contribution in [0.2, 0.25) is 5.02 Å². The van der Waals surface area contributed by atoms with Crippen LogP contribution in [-0.2, 0) is 9.53 Å². The molecule has 1 N–H and O–H groups in total. The highest BCUT2D eigenvalue weighted by Gasteiger charge is 2.20. The number of pyridine rings is 1. The molecule has 1 atom stereocenters. The van der Waals surface area contributed by atoms with Crippen LogP contribution in [0, 0.1) is 0 Å². The number of rotatable bonds is 5. The summed E-state index contributed by atoms with van der Waals surface area (Å²) < 4.78 is 5.06. The van der Waals surface area contributed by atoms with Crippen LogP contribution in [-0.4, -0.2) is 28.7 Å². The van der Waals surface area contributed by atoms with Gasteiger partial charge >= 0.3 is 5.97 Å². The summed E-state index contributed by atoms with van der Waals surface area (Å²) in [5.41, 5.74) is 0.929. The highest BCUT2D eigenvalue weighted by atomic mass is 35.5. The number of aromatic nitrogens is 1. The number of Topliss-reactive ketones (excluding diaryl/α,β-unsaturated/α-hetero) is 1. The molecular weight excluding hydrogens is 332 g/mol. The van der Waals surface area contributed by atoms with Gasteiger partial charge in [0, 0.05) is 22.5 Å². The van der Waals surface area contributed by atoms with E-state index in [0.717, 1.165) is 0 Å². The maximum atomic E-state index is 12.1. The highest BCUT2D eigenvalue weighted by Crippen LogP contribution is 2.13. The minimum atomic E-state index is -1.04. The van der Waals surface area contributed by atoms with Gasteiger partial charge in [0.2, 0.25) is 0 Å². The summed E-state index contributed by atoms with van der Waals surface area (Å²) in [7, 11) is 0. The van der Waals surface area contributed by atoms with Crippen LogP contribution >= 0.6 is 11.6 Å². The lowest BCUT2D eigenvalue weighted by Gasteiger charge is -2.13. The first-order valence-electron chi connectivity index (χ1n) is 7.11. The first-order valence-corrected chi connectivity index (χ1v) is 7.49. The second-order valence-electron chi connectivity index (χ2n) is 5.03. The molecule has 0 saturated carbocycles. The number of carbonyl (C=O) groups excluding carboxylic acids is 3. The molecular formula is C17H15ClN2O4. The van der Waals surface area contributed by atoms with Crippen molar-refractivity contribution < 1.29 is 19.1 Å². The van der Waals surface area contributed by atoms with E-state index in [1.807, 2.05) is 0 Å². The van der Waals surface area contributed by atoms with E-state index >= 15 is 0 Å². The molecule has 0 radical (unpaired) electrons. The van der Waals surface area contributed by atoms with E-state index in [-0.39, 0.29) is 11.5 Å². The van der Waals surface area contributed by atoms with E-state index in [2.05, 4.69) is 10.3 Å². The molecule has 0 bridgehead atoms. The molecule has 2 rings (SSSR count). The summed E-state index contributed by atoms with van der Waals surface area (Å²) in [6, 6.07) is 9.36. The number of hydrogen-bond donors (Lipinski definition) is 1. The molecule has 0 unspecified atom stereocenters.